The third-order valence-corrected chi connectivity index (χ3v) is 11.5. The fourth-order valence-corrected chi connectivity index (χ4v) is 8.22. The van der Waals surface area contributed by atoms with E-state index in [1.165, 1.54) is 12.1 Å². The number of hydrogen-bond acceptors (Lipinski definition) is 11. The summed E-state index contributed by atoms with van der Waals surface area (Å²) in [5.74, 6) is -1.61. The van der Waals surface area contributed by atoms with Crippen molar-refractivity contribution < 1.29 is 56.3 Å². The van der Waals surface area contributed by atoms with Crippen LogP contribution in [0.2, 0.25) is 0 Å². The van der Waals surface area contributed by atoms with E-state index in [2.05, 4.69) is 40.8 Å². The van der Waals surface area contributed by atoms with Crippen molar-refractivity contribution >= 4 is 57.0 Å². The molecule has 3 aliphatic heterocycles. The second-order valence-electron chi connectivity index (χ2n) is 14.2. The molecule has 3 aliphatic rings. The molecule has 1 saturated heterocycles. The summed E-state index contributed by atoms with van der Waals surface area (Å²) in [5, 5.41) is 14.6. The second kappa shape index (κ2) is 17.1. The number of likely N-dealkylation sites (N-methyl/N-ethyl adjacent to an activating group) is 1. The van der Waals surface area contributed by atoms with Gasteiger partial charge in [-0.3, -0.25) is 19.5 Å². The highest BCUT2D eigenvalue weighted by Crippen LogP contribution is 2.42. The zero-order valence-electron chi connectivity index (χ0n) is 31.0. The first kappa shape index (κ1) is 41.0. The summed E-state index contributed by atoms with van der Waals surface area (Å²) in [6, 6.07) is 10.4. The number of fused-ring (bicyclic) bond motifs is 2. The molecular formula is C39H45N3O10S2. The van der Waals surface area contributed by atoms with Gasteiger partial charge >= 0.3 is 5.97 Å². The van der Waals surface area contributed by atoms with Gasteiger partial charge in [0.2, 0.25) is 5.69 Å². The first-order valence-corrected chi connectivity index (χ1v) is 19.9. The van der Waals surface area contributed by atoms with Crippen molar-refractivity contribution in [2.75, 3.05) is 13.1 Å². The van der Waals surface area contributed by atoms with E-state index in [4.69, 9.17) is 4.84 Å². The zero-order valence-corrected chi connectivity index (χ0v) is 32.6. The molecule has 1 unspecified atom stereocenters. The number of unbranched alkanes of at least 4 members (excludes halogenated alkanes) is 2. The number of quaternary nitrogens is 1. The number of nitrogens with zero attached hydrogens (tertiary/aromatic N) is 2. The van der Waals surface area contributed by atoms with Crippen LogP contribution < -0.4 is 10.2 Å². The summed E-state index contributed by atoms with van der Waals surface area (Å²) >= 11 is 0.834. The topological polar surface area (TPSA) is 170 Å². The second-order valence-corrected chi connectivity index (χ2v) is 16.4. The van der Waals surface area contributed by atoms with Crippen molar-refractivity contribution in [3.63, 3.8) is 0 Å². The van der Waals surface area contributed by atoms with E-state index < -0.39 is 38.7 Å². The predicted molar refractivity (Wildman–Crippen MR) is 197 cm³/mol. The van der Waals surface area contributed by atoms with E-state index in [1.54, 1.807) is 6.07 Å². The SMILES string of the molecule is CC[NH+]1/C(=C/C=C/C=C/C=C/C2=[N+](CCCCCC(=O)ON3C(=O)CCC3=O)c3ccc(SOO[O-])cc3C2(C)C)C(C)(C)c2cc(S(=O)(=O)[O-])ccc21. The average molecular weight is 780 g/mol. The smallest absolute Gasteiger partial charge is 0.333 e. The number of benzene rings is 2. The minimum Gasteiger partial charge on any atom is -0.744 e. The molecule has 0 aliphatic carbocycles. The number of allylic oxidation sites excluding steroid dienone is 8. The quantitative estimate of drug-likeness (QED) is 0.0374. The summed E-state index contributed by atoms with van der Waals surface area (Å²) < 4.78 is 41.9. The fraction of sp³-hybridized carbons (Fsp3) is 0.385. The third-order valence-electron chi connectivity index (χ3n) is 10.1. The van der Waals surface area contributed by atoms with Crippen molar-refractivity contribution in [1.29, 1.82) is 0 Å². The van der Waals surface area contributed by atoms with Crippen LogP contribution in [0.3, 0.4) is 0 Å². The lowest BCUT2D eigenvalue weighted by Crippen LogP contribution is -3.04. The largest absolute Gasteiger partial charge is 0.744 e. The van der Waals surface area contributed by atoms with Crippen LogP contribution in [-0.4, -0.2) is 59.2 Å². The Morgan fingerprint density at radius 2 is 1.65 bits per heavy atom. The summed E-state index contributed by atoms with van der Waals surface area (Å²) in [4.78, 5) is 42.4. The molecule has 1 atom stereocenters. The number of amides is 2. The molecule has 1 fully saturated rings. The van der Waals surface area contributed by atoms with Gasteiger partial charge in [0.25, 0.3) is 11.8 Å². The lowest BCUT2D eigenvalue weighted by atomic mass is 9.81. The van der Waals surface area contributed by atoms with Gasteiger partial charge in [-0.25, -0.2) is 13.2 Å². The maximum absolute atomic E-state index is 12.3. The molecule has 2 aromatic rings. The van der Waals surface area contributed by atoms with Gasteiger partial charge < -0.3 is 14.6 Å². The fourth-order valence-electron chi connectivity index (χ4n) is 7.33. The van der Waals surface area contributed by atoms with Crippen LogP contribution in [-0.2, 0) is 49.5 Å². The van der Waals surface area contributed by atoms with Crippen molar-refractivity contribution in [1.82, 2.24) is 5.06 Å². The van der Waals surface area contributed by atoms with E-state index >= 15 is 0 Å². The molecule has 1 N–H and O–H groups in total. The molecule has 13 nitrogen and oxygen atoms in total. The van der Waals surface area contributed by atoms with Gasteiger partial charge in [-0.05, 0) is 77.8 Å². The summed E-state index contributed by atoms with van der Waals surface area (Å²) in [6.45, 7) is 11.8. The minimum atomic E-state index is -4.57. The Morgan fingerprint density at radius 1 is 0.944 bits per heavy atom. The molecule has 0 aromatic heterocycles. The Kier molecular flexibility index (Phi) is 12.9. The van der Waals surface area contributed by atoms with E-state index in [-0.39, 0.29) is 24.2 Å². The number of rotatable bonds is 16. The minimum absolute atomic E-state index is 0.0507. The van der Waals surface area contributed by atoms with Crippen LogP contribution in [0, 0.1) is 0 Å². The highest BCUT2D eigenvalue weighted by atomic mass is 32.2. The Bertz CT molecular complexity index is 2050. The molecule has 0 spiro atoms. The van der Waals surface area contributed by atoms with Crippen LogP contribution in [0.25, 0.3) is 0 Å². The van der Waals surface area contributed by atoms with E-state index in [0.717, 1.165) is 63.8 Å². The van der Waals surface area contributed by atoms with E-state index in [1.807, 2.05) is 68.5 Å². The van der Waals surface area contributed by atoms with Crippen LogP contribution >= 0.6 is 12.0 Å². The van der Waals surface area contributed by atoms with Gasteiger partial charge in [-0.1, -0.05) is 30.4 Å². The van der Waals surface area contributed by atoms with Crippen LogP contribution in [0.5, 0.6) is 0 Å². The molecule has 5 rings (SSSR count). The standard InChI is InChI=1S/C39H45N3O10S2/c1-6-40-31-21-19-28(54(47,48)49)26-30(31)39(4,5)33(40)15-11-8-7-9-12-16-34-38(2,3)29-25-27(53-52-51-46)18-20-32(29)41(34)24-14-10-13-17-37(45)50-42-35(43)22-23-36(42)44/h7-9,11-12,15-16,18-21,25-26H,6,10,13-14,17,22-24H2,1-5H3,(H-,46,47,48,49). The van der Waals surface area contributed by atoms with E-state index in [0.29, 0.717) is 29.3 Å². The molecule has 15 heteroatoms. The number of hydrogen-bond donors (Lipinski definition) is 1. The van der Waals surface area contributed by atoms with Crippen molar-refractivity contribution in [2.45, 2.75) is 93.8 Å². The number of carbonyl (C=O) groups is 3. The Labute approximate surface area is 320 Å². The van der Waals surface area contributed by atoms with Crippen molar-refractivity contribution in [2.24, 2.45) is 0 Å². The Hall–Kier alpha value is -4.22. The summed E-state index contributed by atoms with van der Waals surface area (Å²) in [6.07, 6.45) is 16.0. The summed E-state index contributed by atoms with van der Waals surface area (Å²) in [5.41, 5.74) is 5.06. The Balaban J connectivity index is 1.28. The van der Waals surface area contributed by atoms with Gasteiger partial charge in [0.1, 0.15) is 28.0 Å². The van der Waals surface area contributed by atoms with Crippen LogP contribution in [0.15, 0.2) is 94.4 Å². The predicted octanol–water partition coefficient (Wildman–Crippen LogP) is 4.45. The molecule has 0 saturated carbocycles. The monoisotopic (exact) mass is 779 g/mol. The highest BCUT2D eigenvalue weighted by Gasteiger charge is 2.46. The molecule has 2 amide bonds. The first-order chi connectivity index (χ1) is 25.6. The van der Waals surface area contributed by atoms with Crippen LogP contribution in [0.4, 0.5) is 11.4 Å². The maximum atomic E-state index is 12.3. The molecule has 3 heterocycles. The number of hydroxylamine groups is 2. The molecule has 288 valence electrons. The van der Waals surface area contributed by atoms with Gasteiger partial charge in [-0.15, -0.1) is 5.06 Å². The highest BCUT2D eigenvalue weighted by molar-refractivity contribution is 7.94. The molecule has 2 aromatic carbocycles. The number of nitrogens with one attached hydrogen (secondary N) is 1. The van der Waals surface area contributed by atoms with E-state index in [9.17, 15) is 32.6 Å². The maximum Gasteiger partial charge on any atom is 0.333 e. The Morgan fingerprint density at radius 3 is 2.33 bits per heavy atom. The normalized spacial score (nSPS) is 20.0. The lowest BCUT2D eigenvalue weighted by Gasteiger charge is -2.20. The molecule has 0 radical (unpaired) electrons. The van der Waals surface area contributed by atoms with Gasteiger partial charge in [0.15, 0.2) is 5.71 Å². The molecule has 54 heavy (non-hydrogen) atoms. The van der Waals surface area contributed by atoms with Gasteiger partial charge in [-0.2, -0.15) is 8.91 Å². The average Bonchev–Trinajstić information content (AvgIpc) is 3.64. The van der Waals surface area contributed by atoms with Gasteiger partial charge in [0.05, 0.1) is 34.3 Å². The third kappa shape index (κ3) is 8.84. The lowest BCUT2D eigenvalue weighted by molar-refractivity contribution is -0.786. The summed E-state index contributed by atoms with van der Waals surface area (Å²) in [7, 11) is -4.57. The van der Waals surface area contributed by atoms with Crippen molar-refractivity contribution in [3.05, 3.63) is 95.8 Å². The zero-order chi connectivity index (χ0) is 39.3. The van der Waals surface area contributed by atoms with Crippen molar-refractivity contribution in [3.8, 4) is 0 Å². The van der Waals surface area contributed by atoms with Crippen LogP contribution in [0.1, 0.15) is 84.3 Å². The molecular weight excluding hydrogens is 735 g/mol. The number of imide groups is 1. The van der Waals surface area contributed by atoms with Gasteiger partial charge in [0, 0.05) is 59.9 Å². The molecule has 0 bridgehead atoms. The number of carbonyl (C=O) groups excluding carboxylic acids is 3. The first-order valence-electron chi connectivity index (χ1n) is 17.8.